The highest BCUT2D eigenvalue weighted by Crippen LogP contribution is 2.51. The number of hydrogen-bond donors (Lipinski definition) is 12. The van der Waals surface area contributed by atoms with Crippen molar-refractivity contribution >= 4 is 78.2 Å². The molecule has 0 fully saturated rings. The Balaban J connectivity index is 4.48. The van der Waals surface area contributed by atoms with Crippen molar-refractivity contribution in [1.29, 1.82) is 0 Å². The summed E-state index contributed by atoms with van der Waals surface area (Å²) in [5, 5.41) is 9.13. The molecule has 0 aromatic rings. The Morgan fingerprint density at radius 1 is 0.229 bits per heavy atom. The monoisotopic (exact) mass is 1430 g/mol. The molecular weight excluding hydrogens is 1350 g/mol. The van der Waals surface area contributed by atoms with Crippen LogP contribution in [0.15, 0.2) is 0 Å². The lowest BCUT2D eigenvalue weighted by atomic mass is 10.1. The van der Waals surface area contributed by atoms with Gasteiger partial charge in [-0.2, -0.15) is 0 Å². The van der Waals surface area contributed by atoms with Gasteiger partial charge in [-0.05, 0) is 25.7 Å². The Morgan fingerprint density at radius 3 is 0.494 bits per heavy atom. The van der Waals surface area contributed by atoms with E-state index >= 15 is 0 Å². The van der Waals surface area contributed by atoms with Crippen LogP contribution in [0, 0.1) is 23.7 Å². The first kappa shape index (κ1) is 84.1. The maximum absolute atomic E-state index is 12.4. The lowest BCUT2D eigenvalue weighted by Crippen LogP contribution is -2.16. The summed E-state index contributed by atoms with van der Waals surface area (Å²) in [4.78, 5) is 106. The number of phosphoric acid groups is 10. The van der Waals surface area contributed by atoms with Crippen molar-refractivity contribution < 1.29 is 191 Å². The molecule has 0 aromatic heterocycles. The summed E-state index contributed by atoms with van der Waals surface area (Å²) in [6.07, 6.45) is 0.967. The van der Waals surface area contributed by atoms with E-state index in [0.29, 0.717) is 6.42 Å². The summed E-state index contributed by atoms with van der Waals surface area (Å²) < 4.78 is 208. The fourth-order valence-corrected chi connectivity index (χ4v) is 11.9. The summed E-state index contributed by atoms with van der Waals surface area (Å²) in [6.45, 7) is -7.38. The minimum Gasteiger partial charge on any atom is -0.396 e. The van der Waals surface area contributed by atoms with E-state index in [1.807, 2.05) is 0 Å². The molecule has 12 N–H and O–H groups in total. The fraction of sp³-hybridized carbons (Fsp3) is 1.00. The zero-order valence-electron chi connectivity index (χ0n) is 45.0. The molecule has 0 rings (SSSR count). The van der Waals surface area contributed by atoms with Gasteiger partial charge in [0.25, 0.3) is 0 Å². The second kappa shape index (κ2) is 41.5. The molecule has 13 unspecified atom stereocenters. The molecule has 83 heavy (non-hydrogen) atoms. The van der Waals surface area contributed by atoms with E-state index in [1.54, 1.807) is 20.8 Å². The van der Waals surface area contributed by atoms with Gasteiger partial charge < -0.3 is 58.9 Å². The topological polar surface area (TPSA) is 589 Å². The van der Waals surface area contributed by atoms with Gasteiger partial charge in [0.15, 0.2) is 0 Å². The second-order valence-electron chi connectivity index (χ2n) is 16.1. The van der Waals surface area contributed by atoms with Crippen LogP contribution >= 0.6 is 78.2 Å². The van der Waals surface area contributed by atoms with Crippen LogP contribution in [0.1, 0.15) is 53.4 Å². The molecule has 0 heterocycles. The quantitative estimate of drug-likeness (QED) is 0.0297. The molecular formula is C32H76O41P10. The Kier molecular flexibility index (Phi) is 42.1. The fourth-order valence-electron chi connectivity index (χ4n) is 4.72. The molecule has 0 aliphatic heterocycles. The molecule has 0 aliphatic rings. The van der Waals surface area contributed by atoms with Gasteiger partial charge in [0.2, 0.25) is 0 Å². The minimum absolute atomic E-state index is 0.116. The van der Waals surface area contributed by atoms with E-state index in [1.165, 1.54) is 6.92 Å². The maximum atomic E-state index is 12.4. The van der Waals surface area contributed by atoms with Gasteiger partial charge in [-0.3, -0.25) is 86.0 Å². The van der Waals surface area contributed by atoms with Gasteiger partial charge in [0.1, 0.15) is 0 Å². The predicted octanol–water partition coefficient (Wildman–Crippen LogP) is 4.40. The zero-order chi connectivity index (χ0) is 63.7. The normalized spacial score (nSPS) is 20.6. The summed E-state index contributed by atoms with van der Waals surface area (Å²) in [6, 6.07) is 0. The first-order valence-electron chi connectivity index (χ1n) is 24.0. The highest BCUT2D eigenvalue weighted by molar-refractivity contribution is 7.49. The Hall–Kier alpha value is 1.06. The molecule has 0 spiro atoms. The third kappa shape index (κ3) is 47.6. The molecule has 0 amide bonds. The summed E-state index contributed by atoms with van der Waals surface area (Å²) >= 11 is 0. The van der Waals surface area contributed by atoms with E-state index in [4.69, 9.17) is 37.5 Å². The van der Waals surface area contributed by atoms with E-state index in [9.17, 15) is 89.7 Å². The van der Waals surface area contributed by atoms with Crippen LogP contribution in [0.3, 0.4) is 0 Å². The van der Waals surface area contributed by atoms with E-state index in [2.05, 4.69) is 63.3 Å². The standard InChI is InChI=1S/C32H76O41P10/c1-5-29(21-33)22-68-78(43,44)61-17-18-64-81(49,50)71-27-32(8-4)28-73-83(53,54)66-20-19-65-82(51,52)72-26-31(7-3)25-70-80(47,48)63-16-14-60-77(41,42)58-12-10-56-75(37,38)55-9-11-57-76(39,40)59-13-15-62-79(45,46)69-24-30(6-2)23-67-74(34,35)36/h29-33H,5-28H2,1-4H3,(H,37,38)(H,39,40)(H,41,42)(H,43,44)(H,45,46)(H,47,48)(H,49,50)(H,51,52)(H,53,54)(H2,34,35,36). The third-order valence-corrected chi connectivity index (χ3v) is 18.9. The van der Waals surface area contributed by atoms with Crippen LogP contribution in [-0.2, 0) is 132 Å². The van der Waals surface area contributed by atoms with Crippen LogP contribution in [0.25, 0.3) is 0 Å². The van der Waals surface area contributed by atoms with Crippen LogP contribution in [-0.4, -0.2) is 191 Å². The van der Waals surface area contributed by atoms with Crippen LogP contribution < -0.4 is 0 Å². The van der Waals surface area contributed by atoms with Crippen molar-refractivity contribution in [1.82, 2.24) is 0 Å². The zero-order valence-corrected chi connectivity index (χ0v) is 53.9. The molecule has 13 atom stereocenters. The van der Waals surface area contributed by atoms with E-state index < -0.39 is 221 Å². The molecule has 41 nitrogen and oxygen atoms in total. The average molecular weight is 1430 g/mol. The largest absolute Gasteiger partial charge is 0.472 e. The maximum Gasteiger partial charge on any atom is 0.472 e. The first-order chi connectivity index (χ1) is 38.2. The number of aliphatic hydroxyl groups is 1. The highest BCUT2D eigenvalue weighted by Gasteiger charge is 2.32. The number of phosphoric ester groups is 10. The van der Waals surface area contributed by atoms with Crippen LogP contribution in [0.2, 0.25) is 0 Å². The molecule has 500 valence electrons. The second-order valence-corrected chi connectivity index (χ2v) is 30.4. The Labute approximate surface area is 476 Å². The third-order valence-electron chi connectivity index (χ3n) is 9.44. The molecule has 0 saturated carbocycles. The van der Waals surface area contributed by atoms with Crippen molar-refractivity contribution in [2.24, 2.45) is 23.7 Å². The van der Waals surface area contributed by atoms with Crippen molar-refractivity contribution in [3.8, 4) is 0 Å². The Morgan fingerprint density at radius 2 is 0.361 bits per heavy atom. The molecule has 0 radical (unpaired) electrons. The number of aliphatic hydroxyl groups excluding tert-OH is 1. The van der Waals surface area contributed by atoms with Gasteiger partial charge in [-0.25, -0.2) is 45.7 Å². The summed E-state index contributed by atoms with van der Waals surface area (Å²) in [5.74, 6) is -2.79. The van der Waals surface area contributed by atoms with Crippen molar-refractivity contribution in [3.63, 3.8) is 0 Å². The van der Waals surface area contributed by atoms with Gasteiger partial charge in [0, 0.05) is 30.3 Å². The van der Waals surface area contributed by atoms with Gasteiger partial charge in [0.05, 0.1) is 126 Å². The number of hydrogen-bond acceptors (Lipinski definition) is 30. The van der Waals surface area contributed by atoms with E-state index in [-0.39, 0.29) is 32.5 Å². The molecule has 0 aliphatic carbocycles. The molecule has 0 saturated heterocycles. The summed E-state index contributed by atoms with van der Waals surface area (Å²) in [7, 11) is -48.3. The van der Waals surface area contributed by atoms with Crippen molar-refractivity contribution in [2.75, 3.05) is 132 Å². The molecule has 51 heteroatoms. The van der Waals surface area contributed by atoms with Gasteiger partial charge in [-0.1, -0.05) is 27.7 Å². The lowest BCUT2D eigenvalue weighted by molar-refractivity contribution is 0.0652. The van der Waals surface area contributed by atoms with Crippen LogP contribution in [0.5, 0.6) is 0 Å². The average Bonchev–Trinajstić information content (AvgIpc) is 3.37. The first-order valence-corrected chi connectivity index (χ1v) is 39.0. The molecule has 0 bridgehead atoms. The Bertz CT molecular complexity index is 2300. The van der Waals surface area contributed by atoms with Crippen molar-refractivity contribution in [2.45, 2.75) is 53.4 Å². The summed E-state index contributed by atoms with van der Waals surface area (Å²) in [5.41, 5.74) is 0. The van der Waals surface area contributed by atoms with Gasteiger partial charge in [-0.15, -0.1) is 0 Å². The SMILES string of the molecule is CCC(CO)COP(=O)(O)OCCOP(=O)(O)OCC(CC)COP(=O)(O)OCCOP(=O)(O)OCC(CC)COP(=O)(O)OCCOP(=O)(O)OCCOP(=O)(O)OCCOP(=O)(O)OCCOP(=O)(O)OCC(CC)COP(=O)(O)O. The molecule has 0 aromatic carbocycles. The number of rotatable bonds is 56. The predicted molar refractivity (Wildman–Crippen MR) is 276 cm³/mol. The van der Waals surface area contributed by atoms with Crippen molar-refractivity contribution in [3.05, 3.63) is 0 Å². The van der Waals surface area contributed by atoms with E-state index in [0.717, 1.165) is 0 Å². The van der Waals surface area contributed by atoms with Gasteiger partial charge >= 0.3 is 78.2 Å². The minimum atomic E-state index is -4.96. The lowest BCUT2D eigenvalue weighted by Gasteiger charge is -2.20. The van der Waals surface area contributed by atoms with Crippen LogP contribution in [0.4, 0.5) is 0 Å². The highest BCUT2D eigenvalue weighted by atomic mass is 31.2. The smallest absolute Gasteiger partial charge is 0.396 e.